The lowest BCUT2D eigenvalue weighted by molar-refractivity contribution is -0.0314. The van der Waals surface area contributed by atoms with Crippen LogP contribution in [0.25, 0.3) is 0 Å². The molecule has 2 atom stereocenters. The van der Waals surface area contributed by atoms with Crippen LogP contribution in [0.4, 0.5) is 10.5 Å². The number of benzene rings is 2. The van der Waals surface area contributed by atoms with Gasteiger partial charge in [-0.05, 0) is 71.3 Å². The van der Waals surface area contributed by atoms with Crippen LogP contribution in [0, 0.1) is 3.57 Å². The normalized spacial score (nSPS) is 13.0. The smallest absolute Gasteiger partial charge is 0.412 e. The van der Waals surface area contributed by atoms with Gasteiger partial charge in [-0.25, -0.2) is 4.79 Å². The zero-order valence-electron chi connectivity index (χ0n) is 15.0. The van der Waals surface area contributed by atoms with Crippen LogP contribution in [0.2, 0.25) is 0 Å². The van der Waals surface area contributed by atoms with Gasteiger partial charge in [-0.2, -0.15) is 0 Å². The molecule has 0 heterocycles. The number of methoxy groups -OCH3 is 1. The number of halogens is 1. The molecule has 3 N–H and O–H groups in total. The highest BCUT2D eigenvalue weighted by Crippen LogP contribution is 2.33. The number of ether oxygens (including phenoxy) is 2. The van der Waals surface area contributed by atoms with E-state index in [9.17, 15) is 15.0 Å². The van der Waals surface area contributed by atoms with Gasteiger partial charge in [-0.15, -0.1) is 11.8 Å². The number of carbonyl (C=O) groups is 1. The monoisotopic (exact) mass is 503 g/mol. The summed E-state index contributed by atoms with van der Waals surface area (Å²) in [5.74, 6) is -0.00229. The fourth-order valence-corrected chi connectivity index (χ4v) is 3.47. The first kappa shape index (κ1) is 21.8. The van der Waals surface area contributed by atoms with E-state index in [0.717, 1.165) is 8.47 Å². The van der Waals surface area contributed by atoms with Gasteiger partial charge in [0, 0.05) is 39.9 Å². The standard InChI is InChI=1S/C19H22INO5S/c1-25-17(9-10-22)18(15-11-12(20)3-8-16(15)23)26-19(24)21-13-4-6-14(27-2)7-5-13/h3-8,11,17-18,22-23H,9-10H2,1-2H3,(H,21,24)/t17-,18-/m0/s1. The molecule has 2 rings (SSSR count). The number of phenolic OH excluding ortho intramolecular Hbond substituents is 1. The molecule has 0 aromatic heterocycles. The van der Waals surface area contributed by atoms with Crippen LogP contribution in [0.15, 0.2) is 47.4 Å². The fourth-order valence-electron chi connectivity index (χ4n) is 2.55. The molecule has 0 aliphatic rings. The SMILES string of the molecule is CO[C@@H](CCO)[C@@H](OC(=O)Nc1ccc(SC)cc1)c1cc(I)ccc1O. The van der Waals surface area contributed by atoms with Gasteiger partial charge in [-0.3, -0.25) is 5.32 Å². The Morgan fingerprint density at radius 2 is 1.96 bits per heavy atom. The lowest BCUT2D eigenvalue weighted by Crippen LogP contribution is -2.29. The van der Waals surface area contributed by atoms with Crippen LogP contribution in [-0.2, 0) is 9.47 Å². The molecule has 0 aliphatic carbocycles. The van der Waals surface area contributed by atoms with Crippen LogP contribution in [0.1, 0.15) is 18.1 Å². The van der Waals surface area contributed by atoms with E-state index >= 15 is 0 Å². The average molecular weight is 503 g/mol. The number of hydrogen-bond donors (Lipinski definition) is 3. The van der Waals surface area contributed by atoms with Gasteiger partial charge in [0.05, 0.1) is 0 Å². The van der Waals surface area contributed by atoms with E-state index in [0.29, 0.717) is 11.3 Å². The van der Waals surface area contributed by atoms with Crippen molar-refractivity contribution in [3.05, 3.63) is 51.6 Å². The summed E-state index contributed by atoms with van der Waals surface area (Å²) < 4.78 is 11.9. The van der Waals surface area contributed by atoms with E-state index in [2.05, 4.69) is 27.9 Å². The number of phenols is 1. The Bertz CT molecular complexity index is 756. The van der Waals surface area contributed by atoms with Crippen LogP contribution in [-0.4, -0.2) is 42.4 Å². The molecule has 0 aliphatic heterocycles. The second-order valence-corrected chi connectivity index (χ2v) is 7.79. The number of rotatable bonds is 8. The summed E-state index contributed by atoms with van der Waals surface area (Å²) in [4.78, 5) is 13.5. The second kappa shape index (κ2) is 10.7. The highest BCUT2D eigenvalue weighted by atomic mass is 127. The third-order valence-corrected chi connectivity index (χ3v) is 5.34. The molecule has 0 fully saturated rings. The number of anilines is 1. The van der Waals surface area contributed by atoms with Crippen LogP contribution in [0.3, 0.4) is 0 Å². The van der Waals surface area contributed by atoms with E-state index in [4.69, 9.17) is 9.47 Å². The molecular formula is C19H22INO5S. The van der Waals surface area contributed by atoms with Crippen molar-refractivity contribution >= 4 is 46.1 Å². The molecule has 27 heavy (non-hydrogen) atoms. The Labute approximate surface area is 176 Å². The van der Waals surface area contributed by atoms with Crippen molar-refractivity contribution in [3.8, 4) is 5.75 Å². The largest absolute Gasteiger partial charge is 0.508 e. The van der Waals surface area contributed by atoms with E-state index in [-0.39, 0.29) is 18.8 Å². The number of carbonyl (C=O) groups excluding carboxylic acids is 1. The number of nitrogens with one attached hydrogen (secondary N) is 1. The number of amides is 1. The molecule has 0 unspecified atom stereocenters. The van der Waals surface area contributed by atoms with Gasteiger partial charge in [-0.1, -0.05) is 0 Å². The summed E-state index contributed by atoms with van der Waals surface area (Å²) >= 11 is 3.72. The molecule has 2 aromatic rings. The minimum absolute atomic E-state index is 0.00229. The first-order valence-electron chi connectivity index (χ1n) is 8.22. The summed E-state index contributed by atoms with van der Waals surface area (Å²) in [6.07, 6.45) is 0.0734. The van der Waals surface area contributed by atoms with Crippen molar-refractivity contribution < 1.29 is 24.5 Å². The predicted octanol–water partition coefficient (Wildman–Crippen LogP) is 4.41. The number of aliphatic hydroxyl groups excluding tert-OH is 1. The number of aliphatic hydroxyl groups is 1. The van der Waals surface area contributed by atoms with E-state index in [1.165, 1.54) is 13.2 Å². The molecule has 0 radical (unpaired) electrons. The van der Waals surface area contributed by atoms with Crippen LogP contribution >= 0.6 is 34.4 Å². The predicted molar refractivity (Wildman–Crippen MR) is 114 cm³/mol. The van der Waals surface area contributed by atoms with Gasteiger partial charge in [0.15, 0.2) is 6.10 Å². The molecule has 2 aromatic carbocycles. The quantitative estimate of drug-likeness (QED) is 0.366. The summed E-state index contributed by atoms with van der Waals surface area (Å²) in [5.41, 5.74) is 1.02. The third-order valence-electron chi connectivity index (χ3n) is 3.92. The summed E-state index contributed by atoms with van der Waals surface area (Å²) in [6, 6.07) is 12.4. The number of thioether (sulfide) groups is 1. The molecule has 146 valence electrons. The van der Waals surface area contributed by atoms with Crippen molar-refractivity contribution in [2.45, 2.75) is 23.5 Å². The van der Waals surface area contributed by atoms with E-state index in [1.807, 2.05) is 18.4 Å². The third kappa shape index (κ3) is 6.27. The van der Waals surface area contributed by atoms with Crippen LogP contribution < -0.4 is 5.32 Å². The Kier molecular flexibility index (Phi) is 8.68. The molecule has 6 nitrogen and oxygen atoms in total. The van der Waals surface area contributed by atoms with Crippen molar-refractivity contribution in [3.63, 3.8) is 0 Å². The lowest BCUT2D eigenvalue weighted by Gasteiger charge is -2.26. The molecule has 8 heteroatoms. The number of hydrogen-bond acceptors (Lipinski definition) is 6. The second-order valence-electron chi connectivity index (χ2n) is 5.67. The fraction of sp³-hybridized carbons (Fsp3) is 0.316. The van der Waals surface area contributed by atoms with Gasteiger partial charge in [0.1, 0.15) is 11.9 Å². The Morgan fingerprint density at radius 3 is 2.56 bits per heavy atom. The van der Waals surface area contributed by atoms with Gasteiger partial charge in [0.2, 0.25) is 0 Å². The lowest BCUT2D eigenvalue weighted by atomic mass is 10.0. The molecule has 0 saturated carbocycles. The summed E-state index contributed by atoms with van der Waals surface area (Å²) in [5, 5.41) is 22.2. The minimum atomic E-state index is -0.873. The zero-order valence-corrected chi connectivity index (χ0v) is 18.0. The molecule has 0 spiro atoms. The molecular weight excluding hydrogens is 481 g/mol. The summed E-state index contributed by atoms with van der Waals surface area (Å²) in [6.45, 7) is -0.138. The van der Waals surface area contributed by atoms with Crippen molar-refractivity contribution in [1.82, 2.24) is 0 Å². The molecule has 0 bridgehead atoms. The maximum Gasteiger partial charge on any atom is 0.412 e. The first-order chi connectivity index (χ1) is 13.0. The zero-order chi connectivity index (χ0) is 19.8. The van der Waals surface area contributed by atoms with Crippen molar-refractivity contribution in [1.29, 1.82) is 0 Å². The van der Waals surface area contributed by atoms with E-state index in [1.54, 1.807) is 36.0 Å². The highest BCUT2D eigenvalue weighted by Gasteiger charge is 2.29. The molecule has 0 saturated heterocycles. The Balaban J connectivity index is 2.21. The molecule has 1 amide bonds. The highest BCUT2D eigenvalue weighted by molar-refractivity contribution is 14.1. The van der Waals surface area contributed by atoms with Gasteiger partial charge in [0.25, 0.3) is 0 Å². The Morgan fingerprint density at radius 1 is 1.26 bits per heavy atom. The van der Waals surface area contributed by atoms with E-state index < -0.39 is 18.3 Å². The average Bonchev–Trinajstić information content (AvgIpc) is 2.67. The maximum atomic E-state index is 12.4. The first-order valence-corrected chi connectivity index (χ1v) is 10.5. The van der Waals surface area contributed by atoms with Crippen molar-refractivity contribution in [2.75, 3.05) is 25.3 Å². The summed E-state index contributed by atoms with van der Waals surface area (Å²) in [7, 11) is 1.47. The van der Waals surface area contributed by atoms with Crippen LogP contribution in [0.5, 0.6) is 5.75 Å². The number of aromatic hydroxyl groups is 1. The van der Waals surface area contributed by atoms with Gasteiger partial charge < -0.3 is 19.7 Å². The van der Waals surface area contributed by atoms with Crippen molar-refractivity contribution in [2.24, 2.45) is 0 Å². The Hall–Kier alpha value is -1.49. The minimum Gasteiger partial charge on any atom is -0.508 e. The topological polar surface area (TPSA) is 88.0 Å². The van der Waals surface area contributed by atoms with Gasteiger partial charge >= 0.3 is 6.09 Å². The maximum absolute atomic E-state index is 12.4.